The first-order valence-electron chi connectivity index (χ1n) is 18.7. The van der Waals surface area contributed by atoms with Crippen molar-refractivity contribution in [2.45, 2.75) is 0 Å². The molecule has 0 aliphatic rings. The Morgan fingerprint density at radius 2 is 1.02 bits per heavy atom. The Balaban J connectivity index is 1.20. The average Bonchev–Trinajstić information content (AvgIpc) is 3.83. The predicted molar refractivity (Wildman–Crippen MR) is 235 cm³/mol. The fourth-order valence-electron chi connectivity index (χ4n) is 8.36. The highest BCUT2D eigenvalue weighted by molar-refractivity contribution is 7.25. The maximum atomic E-state index is 6.71. The molecule has 0 unspecified atom stereocenters. The second-order valence-corrected chi connectivity index (χ2v) is 15.1. The van der Waals surface area contributed by atoms with Gasteiger partial charge in [-0.1, -0.05) is 152 Å². The highest BCUT2D eigenvalue weighted by Gasteiger charge is 2.23. The zero-order valence-corrected chi connectivity index (χ0v) is 30.6. The van der Waals surface area contributed by atoms with Crippen LogP contribution in [0, 0.1) is 0 Å². The van der Waals surface area contributed by atoms with Gasteiger partial charge in [-0.3, -0.25) is 0 Å². The molecule has 0 aliphatic carbocycles. The van der Waals surface area contributed by atoms with Gasteiger partial charge in [0.25, 0.3) is 0 Å². The minimum absolute atomic E-state index is 0.862. The second kappa shape index (κ2) is 12.9. The third-order valence-electron chi connectivity index (χ3n) is 10.9. The molecule has 11 rings (SSSR count). The van der Waals surface area contributed by atoms with Crippen LogP contribution in [0.15, 0.2) is 205 Å². The predicted octanol–water partition coefficient (Wildman–Crippen LogP) is 15.6. The van der Waals surface area contributed by atoms with Crippen molar-refractivity contribution in [2.24, 2.45) is 0 Å². The van der Waals surface area contributed by atoms with Gasteiger partial charge in [-0.25, -0.2) is 0 Å². The minimum atomic E-state index is 0.862. The van der Waals surface area contributed by atoms with Gasteiger partial charge in [-0.2, -0.15) is 0 Å². The van der Waals surface area contributed by atoms with Crippen LogP contribution < -0.4 is 4.90 Å². The number of nitrogens with zero attached hydrogens (tertiary/aromatic N) is 1. The third-order valence-corrected chi connectivity index (χ3v) is 12.0. The molecule has 3 heteroatoms. The van der Waals surface area contributed by atoms with Gasteiger partial charge in [0.1, 0.15) is 5.58 Å². The molecule has 0 amide bonds. The molecule has 9 aromatic carbocycles. The highest BCUT2D eigenvalue weighted by atomic mass is 32.1. The number of fused-ring (bicyclic) bond motifs is 7. The highest BCUT2D eigenvalue weighted by Crippen LogP contribution is 2.48. The van der Waals surface area contributed by atoms with E-state index in [1.807, 2.05) is 17.4 Å². The number of hydrogen-bond donors (Lipinski definition) is 0. The van der Waals surface area contributed by atoms with E-state index in [2.05, 4.69) is 199 Å². The van der Waals surface area contributed by atoms with Crippen LogP contribution in [-0.4, -0.2) is 0 Å². The van der Waals surface area contributed by atoms with Crippen molar-refractivity contribution >= 4 is 81.3 Å². The maximum absolute atomic E-state index is 6.71. The van der Waals surface area contributed by atoms with Crippen LogP contribution in [0.2, 0.25) is 0 Å². The van der Waals surface area contributed by atoms with E-state index in [0.717, 1.165) is 39.0 Å². The van der Waals surface area contributed by atoms with Gasteiger partial charge in [0, 0.05) is 42.3 Å². The van der Waals surface area contributed by atoms with Crippen LogP contribution >= 0.6 is 11.3 Å². The van der Waals surface area contributed by atoms with Crippen molar-refractivity contribution in [1.29, 1.82) is 0 Å². The molecule has 2 aromatic heterocycles. The van der Waals surface area contributed by atoms with Crippen LogP contribution in [0.4, 0.5) is 17.1 Å². The molecule has 11 aromatic rings. The molecule has 0 N–H and O–H groups in total. The van der Waals surface area contributed by atoms with Crippen molar-refractivity contribution in [3.05, 3.63) is 200 Å². The smallest absolute Gasteiger partial charge is 0.159 e. The van der Waals surface area contributed by atoms with Crippen molar-refractivity contribution in [3.63, 3.8) is 0 Å². The molecule has 2 heterocycles. The van der Waals surface area contributed by atoms with Gasteiger partial charge < -0.3 is 9.32 Å². The third kappa shape index (κ3) is 5.24. The van der Waals surface area contributed by atoms with Crippen molar-refractivity contribution in [2.75, 3.05) is 4.90 Å². The molecule has 0 aliphatic heterocycles. The Labute approximate surface area is 322 Å². The number of rotatable bonds is 6. The summed E-state index contributed by atoms with van der Waals surface area (Å²) in [5.41, 5.74) is 12.0. The number of hydrogen-bond acceptors (Lipinski definition) is 3. The second-order valence-electron chi connectivity index (χ2n) is 14.0. The van der Waals surface area contributed by atoms with Crippen molar-refractivity contribution < 1.29 is 4.42 Å². The number of anilines is 3. The molecule has 0 radical (unpaired) electrons. The van der Waals surface area contributed by atoms with E-state index in [1.54, 1.807) is 0 Å². The zero-order valence-electron chi connectivity index (χ0n) is 29.8. The summed E-state index contributed by atoms with van der Waals surface area (Å²) in [5.74, 6) is 0. The summed E-state index contributed by atoms with van der Waals surface area (Å²) >= 11 is 1.86. The standard InChI is InChI=1S/C52H33NOS/c1-2-13-34(14-3-1)35-27-29-37(30-28-35)53(47-23-11-22-44-42-18-6-8-24-48(42)54-52(44)47)38-31-32-41(40-20-10-16-36-15-4-5-17-39(36)40)46(33-38)43-21-12-26-50-51(43)45-19-7-9-25-49(45)55-50/h1-33H. The first-order valence-corrected chi connectivity index (χ1v) is 19.5. The average molecular weight is 720 g/mol. The monoisotopic (exact) mass is 719 g/mol. The van der Waals surface area contributed by atoms with Gasteiger partial charge in [0.05, 0.1) is 5.69 Å². The van der Waals surface area contributed by atoms with Crippen LogP contribution in [0.3, 0.4) is 0 Å². The first-order chi connectivity index (χ1) is 27.3. The largest absolute Gasteiger partial charge is 0.454 e. The Hall–Kier alpha value is -6.94. The summed E-state index contributed by atoms with van der Waals surface area (Å²) in [6.07, 6.45) is 0. The van der Waals surface area contributed by atoms with Crippen LogP contribution in [-0.2, 0) is 0 Å². The summed E-state index contributed by atoms with van der Waals surface area (Å²) < 4.78 is 9.29. The van der Waals surface area contributed by atoms with E-state index < -0.39 is 0 Å². The fraction of sp³-hybridized carbons (Fsp3) is 0. The zero-order chi connectivity index (χ0) is 36.3. The number of thiophene rings is 1. The first kappa shape index (κ1) is 31.6. The molecule has 0 bridgehead atoms. The summed E-state index contributed by atoms with van der Waals surface area (Å²) in [4.78, 5) is 2.36. The summed E-state index contributed by atoms with van der Waals surface area (Å²) in [6.45, 7) is 0. The van der Waals surface area contributed by atoms with E-state index in [9.17, 15) is 0 Å². The Bertz CT molecular complexity index is 3200. The lowest BCUT2D eigenvalue weighted by Gasteiger charge is -2.27. The maximum Gasteiger partial charge on any atom is 0.159 e. The lowest BCUT2D eigenvalue weighted by atomic mass is 9.89. The molecule has 0 fully saturated rings. The molecular formula is C52H33NOS. The summed E-state index contributed by atoms with van der Waals surface area (Å²) in [7, 11) is 0. The molecular weight excluding hydrogens is 687 g/mol. The molecule has 0 spiro atoms. The molecule has 258 valence electrons. The van der Waals surface area contributed by atoms with Crippen LogP contribution in [0.5, 0.6) is 0 Å². The quantitative estimate of drug-likeness (QED) is 0.170. The van der Waals surface area contributed by atoms with Crippen molar-refractivity contribution in [3.8, 4) is 33.4 Å². The summed E-state index contributed by atoms with van der Waals surface area (Å²) in [5, 5.41) is 7.25. The van der Waals surface area contributed by atoms with Gasteiger partial charge >= 0.3 is 0 Å². The van der Waals surface area contributed by atoms with Gasteiger partial charge in [0.2, 0.25) is 0 Å². The van der Waals surface area contributed by atoms with Crippen LogP contribution in [0.25, 0.3) is 86.3 Å². The molecule has 0 atom stereocenters. The summed E-state index contributed by atoms with van der Waals surface area (Å²) in [6, 6.07) is 72.2. The fourth-order valence-corrected chi connectivity index (χ4v) is 9.49. The molecule has 0 saturated heterocycles. The molecule has 0 saturated carbocycles. The number of furan rings is 1. The van der Waals surface area contributed by atoms with E-state index in [-0.39, 0.29) is 0 Å². The Morgan fingerprint density at radius 1 is 0.382 bits per heavy atom. The number of para-hydroxylation sites is 2. The SMILES string of the molecule is c1ccc(-c2ccc(N(c3ccc(-c4cccc5ccccc45)c(-c4cccc5sc6ccccc6c45)c3)c3cccc4c3oc3ccccc34)cc2)cc1. The minimum Gasteiger partial charge on any atom is -0.454 e. The van der Waals surface area contributed by atoms with Gasteiger partial charge in [0.15, 0.2) is 5.58 Å². The van der Waals surface area contributed by atoms with E-state index in [1.165, 1.54) is 64.3 Å². The molecule has 55 heavy (non-hydrogen) atoms. The van der Waals surface area contributed by atoms with E-state index in [4.69, 9.17) is 4.42 Å². The topological polar surface area (TPSA) is 16.4 Å². The normalized spacial score (nSPS) is 11.6. The lowest BCUT2D eigenvalue weighted by molar-refractivity contribution is 0.669. The Morgan fingerprint density at radius 3 is 1.91 bits per heavy atom. The van der Waals surface area contributed by atoms with Gasteiger partial charge in [-0.15, -0.1) is 11.3 Å². The van der Waals surface area contributed by atoms with E-state index in [0.29, 0.717) is 0 Å². The lowest BCUT2D eigenvalue weighted by Crippen LogP contribution is -2.10. The van der Waals surface area contributed by atoms with Crippen molar-refractivity contribution in [1.82, 2.24) is 0 Å². The van der Waals surface area contributed by atoms with E-state index >= 15 is 0 Å². The van der Waals surface area contributed by atoms with Gasteiger partial charge in [-0.05, 0) is 92.7 Å². The van der Waals surface area contributed by atoms with Crippen LogP contribution in [0.1, 0.15) is 0 Å². The Kier molecular flexibility index (Phi) is 7.39. The number of benzene rings is 9. The molecule has 2 nitrogen and oxygen atoms in total.